The van der Waals surface area contributed by atoms with E-state index in [1.165, 1.54) is 0 Å². The number of rotatable bonds is 4. The molecule has 4 heteroatoms. The molecular formula is C16H22N2O2. The number of nitrogens with one attached hydrogen (secondary N) is 1. The van der Waals surface area contributed by atoms with Crippen LogP contribution in [0, 0.1) is 5.92 Å². The minimum atomic E-state index is -0.146. The van der Waals surface area contributed by atoms with Crippen LogP contribution < -0.4 is 11.1 Å². The number of nitrogens with two attached hydrogens (primary N) is 1. The minimum absolute atomic E-state index is 0.0760. The molecule has 0 heterocycles. The predicted molar refractivity (Wildman–Crippen MR) is 80.9 cm³/mol. The van der Waals surface area contributed by atoms with Crippen LogP contribution in [0.2, 0.25) is 0 Å². The third-order valence-electron chi connectivity index (χ3n) is 3.74. The van der Waals surface area contributed by atoms with Crippen molar-refractivity contribution < 1.29 is 9.90 Å². The first-order valence-electron chi connectivity index (χ1n) is 7.13. The van der Waals surface area contributed by atoms with Gasteiger partial charge in [-0.25, -0.2) is 0 Å². The number of aliphatic hydroxyl groups is 1. The predicted octanol–water partition coefficient (Wildman–Crippen LogP) is 1.95. The van der Waals surface area contributed by atoms with Crippen LogP contribution in [0.15, 0.2) is 30.3 Å². The first kappa shape index (κ1) is 14.6. The molecule has 2 rings (SSSR count). The molecule has 20 heavy (non-hydrogen) atoms. The van der Waals surface area contributed by atoms with Crippen LogP contribution in [0.4, 0.5) is 5.69 Å². The average Bonchev–Trinajstić information content (AvgIpc) is 2.46. The monoisotopic (exact) mass is 274 g/mol. The second-order valence-electron chi connectivity index (χ2n) is 5.42. The van der Waals surface area contributed by atoms with Crippen molar-refractivity contribution in [1.82, 2.24) is 5.32 Å². The van der Waals surface area contributed by atoms with E-state index in [-0.39, 0.29) is 12.0 Å². The number of carbonyl (C=O) groups excluding carboxylic acids is 1. The van der Waals surface area contributed by atoms with Crippen molar-refractivity contribution >= 4 is 17.7 Å². The highest BCUT2D eigenvalue weighted by molar-refractivity contribution is 5.91. The van der Waals surface area contributed by atoms with Gasteiger partial charge in [-0.2, -0.15) is 0 Å². The van der Waals surface area contributed by atoms with Crippen molar-refractivity contribution in [2.75, 3.05) is 12.3 Å². The zero-order chi connectivity index (χ0) is 14.4. The molecule has 0 spiro atoms. The summed E-state index contributed by atoms with van der Waals surface area (Å²) < 4.78 is 0. The Balaban J connectivity index is 1.73. The Hall–Kier alpha value is -1.81. The van der Waals surface area contributed by atoms with Gasteiger partial charge in [0.25, 0.3) is 0 Å². The highest BCUT2D eigenvalue weighted by atomic mass is 16.3. The fourth-order valence-electron chi connectivity index (χ4n) is 2.43. The molecule has 0 atom stereocenters. The standard InChI is InChI=1S/C16H22N2O2/c17-14-6-1-12(2-7-14)5-10-16(20)18-11-13-3-8-15(19)9-4-13/h1-2,5-7,10,13,15,19H,3-4,8-9,11,17H2,(H,18,20)/b10-5+. The van der Waals surface area contributed by atoms with E-state index in [0.717, 1.165) is 31.2 Å². The van der Waals surface area contributed by atoms with Gasteiger partial charge in [-0.05, 0) is 55.4 Å². The summed E-state index contributed by atoms with van der Waals surface area (Å²) in [5.41, 5.74) is 7.27. The smallest absolute Gasteiger partial charge is 0.244 e. The van der Waals surface area contributed by atoms with Gasteiger partial charge in [0.2, 0.25) is 5.91 Å². The average molecular weight is 274 g/mol. The summed E-state index contributed by atoms with van der Waals surface area (Å²) in [7, 11) is 0. The summed E-state index contributed by atoms with van der Waals surface area (Å²) in [5, 5.41) is 12.3. The number of amides is 1. The third-order valence-corrected chi connectivity index (χ3v) is 3.74. The fraction of sp³-hybridized carbons (Fsp3) is 0.438. The molecule has 0 radical (unpaired) electrons. The lowest BCUT2D eigenvalue weighted by molar-refractivity contribution is -0.116. The van der Waals surface area contributed by atoms with Crippen molar-refractivity contribution in [3.63, 3.8) is 0 Å². The van der Waals surface area contributed by atoms with E-state index in [1.54, 1.807) is 12.2 Å². The molecule has 1 aliphatic carbocycles. The molecule has 4 N–H and O–H groups in total. The normalized spacial score (nSPS) is 22.9. The topological polar surface area (TPSA) is 75.4 Å². The lowest BCUT2D eigenvalue weighted by atomic mass is 9.87. The van der Waals surface area contributed by atoms with E-state index in [9.17, 15) is 9.90 Å². The van der Waals surface area contributed by atoms with Crippen LogP contribution in [0.25, 0.3) is 6.08 Å². The van der Waals surface area contributed by atoms with Gasteiger partial charge in [-0.3, -0.25) is 4.79 Å². The Morgan fingerprint density at radius 3 is 2.55 bits per heavy atom. The van der Waals surface area contributed by atoms with Crippen LogP contribution in [-0.2, 0) is 4.79 Å². The van der Waals surface area contributed by atoms with Gasteiger partial charge in [0.15, 0.2) is 0 Å². The largest absolute Gasteiger partial charge is 0.399 e. The van der Waals surface area contributed by atoms with Crippen molar-refractivity contribution in [2.45, 2.75) is 31.8 Å². The number of carbonyl (C=O) groups is 1. The van der Waals surface area contributed by atoms with Crippen LogP contribution in [0.1, 0.15) is 31.2 Å². The highest BCUT2D eigenvalue weighted by Crippen LogP contribution is 2.23. The fourth-order valence-corrected chi connectivity index (χ4v) is 2.43. The molecule has 1 aromatic rings. The number of benzene rings is 1. The van der Waals surface area contributed by atoms with Gasteiger partial charge in [0.05, 0.1) is 6.10 Å². The number of nitrogen functional groups attached to an aromatic ring is 1. The van der Waals surface area contributed by atoms with Crippen LogP contribution >= 0.6 is 0 Å². The Bertz CT molecular complexity index is 460. The molecule has 1 aromatic carbocycles. The molecule has 0 aromatic heterocycles. The number of anilines is 1. The quantitative estimate of drug-likeness (QED) is 0.580. The van der Waals surface area contributed by atoms with Gasteiger partial charge in [0.1, 0.15) is 0 Å². The minimum Gasteiger partial charge on any atom is -0.399 e. The first-order chi connectivity index (χ1) is 9.63. The second kappa shape index (κ2) is 7.10. The van der Waals surface area contributed by atoms with E-state index in [2.05, 4.69) is 5.32 Å². The van der Waals surface area contributed by atoms with Crippen molar-refractivity contribution in [3.8, 4) is 0 Å². The summed E-state index contributed by atoms with van der Waals surface area (Å²) in [5.74, 6) is 0.417. The molecular weight excluding hydrogens is 252 g/mol. The molecule has 0 saturated heterocycles. The van der Waals surface area contributed by atoms with Crippen LogP contribution in [-0.4, -0.2) is 23.7 Å². The van der Waals surface area contributed by atoms with Crippen molar-refractivity contribution in [3.05, 3.63) is 35.9 Å². The molecule has 1 saturated carbocycles. The molecule has 0 aliphatic heterocycles. The summed E-state index contributed by atoms with van der Waals surface area (Å²) in [6.07, 6.45) is 6.85. The Morgan fingerprint density at radius 2 is 1.90 bits per heavy atom. The summed E-state index contributed by atoms with van der Waals surface area (Å²) in [4.78, 5) is 11.7. The number of aliphatic hydroxyl groups excluding tert-OH is 1. The molecule has 1 aliphatic rings. The Morgan fingerprint density at radius 1 is 1.25 bits per heavy atom. The second-order valence-corrected chi connectivity index (χ2v) is 5.42. The first-order valence-corrected chi connectivity index (χ1v) is 7.13. The Labute approximate surface area is 119 Å². The maximum Gasteiger partial charge on any atom is 0.244 e. The highest BCUT2D eigenvalue weighted by Gasteiger charge is 2.19. The zero-order valence-corrected chi connectivity index (χ0v) is 11.6. The van der Waals surface area contributed by atoms with Gasteiger partial charge < -0.3 is 16.2 Å². The molecule has 108 valence electrons. The van der Waals surface area contributed by atoms with Gasteiger partial charge in [-0.15, -0.1) is 0 Å². The van der Waals surface area contributed by atoms with E-state index < -0.39 is 0 Å². The summed E-state index contributed by atoms with van der Waals surface area (Å²) in [6.45, 7) is 0.692. The molecule has 1 amide bonds. The van der Waals surface area contributed by atoms with Crippen LogP contribution in [0.5, 0.6) is 0 Å². The van der Waals surface area contributed by atoms with Crippen LogP contribution in [0.3, 0.4) is 0 Å². The van der Waals surface area contributed by atoms with E-state index >= 15 is 0 Å². The molecule has 1 fully saturated rings. The van der Waals surface area contributed by atoms with Crippen molar-refractivity contribution in [1.29, 1.82) is 0 Å². The molecule has 0 bridgehead atoms. The Kier molecular flexibility index (Phi) is 5.18. The molecule has 4 nitrogen and oxygen atoms in total. The third kappa shape index (κ3) is 4.70. The van der Waals surface area contributed by atoms with Gasteiger partial charge >= 0.3 is 0 Å². The zero-order valence-electron chi connectivity index (χ0n) is 11.6. The van der Waals surface area contributed by atoms with Gasteiger partial charge in [0, 0.05) is 18.3 Å². The van der Waals surface area contributed by atoms with E-state index in [1.807, 2.05) is 24.3 Å². The number of hydrogen-bond donors (Lipinski definition) is 3. The lowest BCUT2D eigenvalue weighted by Gasteiger charge is -2.25. The van der Waals surface area contributed by atoms with Crippen molar-refractivity contribution in [2.24, 2.45) is 5.92 Å². The lowest BCUT2D eigenvalue weighted by Crippen LogP contribution is -2.31. The number of hydrogen-bond acceptors (Lipinski definition) is 3. The van der Waals surface area contributed by atoms with E-state index in [4.69, 9.17) is 5.73 Å². The molecule has 0 unspecified atom stereocenters. The van der Waals surface area contributed by atoms with E-state index in [0.29, 0.717) is 18.2 Å². The maximum absolute atomic E-state index is 11.7. The SMILES string of the molecule is Nc1ccc(/C=C/C(=O)NCC2CCC(O)CC2)cc1. The summed E-state index contributed by atoms with van der Waals surface area (Å²) >= 11 is 0. The summed E-state index contributed by atoms with van der Waals surface area (Å²) in [6, 6.07) is 7.37. The maximum atomic E-state index is 11.7. The van der Waals surface area contributed by atoms with Gasteiger partial charge in [-0.1, -0.05) is 12.1 Å².